The summed E-state index contributed by atoms with van der Waals surface area (Å²) in [6.45, 7) is 6.96. The van der Waals surface area contributed by atoms with Crippen LogP contribution in [0.4, 0.5) is 0 Å². The minimum absolute atomic E-state index is 0.979. The van der Waals surface area contributed by atoms with Crippen LogP contribution in [0.5, 0.6) is 0 Å². The maximum Gasteiger partial charge on any atom is 0.500 e. The van der Waals surface area contributed by atoms with Gasteiger partial charge in [-0.2, -0.15) is 0 Å². The van der Waals surface area contributed by atoms with Gasteiger partial charge < -0.3 is 13.3 Å². The molecule has 0 radical (unpaired) electrons. The minimum Gasteiger partial charge on any atom is -0.377 e. The Kier molecular flexibility index (Phi) is 36.7. The van der Waals surface area contributed by atoms with E-state index in [1.165, 1.54) is 205 Å². The fraction of sp³-hybridized carbons (Fsp3) is 1.00. The van der Waals surface area contributed by atoms with Gasteiger partial charge in [0.1, 0.15) is 0 Å². The molecule has 0 aromatic rings. The summed E-state index contributed by atoms with van der Waals surface area (Å²) >= 11 is 0. The molecule has 0 bridgehead atoms. The van der Waals surface area contributed by atoms with Crippen LogP contribution in [0.2, 0.25) is 6.04 Å². The van der Waals surface area contributed by atoms with Gasteiger partial charge in [-0.25, -0.2) is 0 Å². The van der Waals surface area contributed by atoms with Crippen LogP contribution in [0, 0.1) is 0 Å². The summed E-state index contributed by atoms with van der Waals surface area (Å²) in [5.74, 6) is 0. The first-order valence-electron chi connectivity index (χ1n) is 21.6. The molecule has 0 aliphatic rings. The zero-order valence-electron chi connectivity index (χ0n) is 33.6. The standard InChI is InChI=1S/C42H90O3PSi/c1-7-10-13-16-19-22-25-28-31-34-38-46(41-37-42-47(43-4,44-5)45-6,39-35-32-29-26-23-20-17-14-11-8-2)40-36-33-30-27-24-21-18-15-12-9-3/h7-42H2,1-6H3/q+1. The zero-order chi connectivity index (χ0) is 34.6. The molecular formula is C42H90O3PSi+. The smallest absolute Gasteiger partial charge is 0.377 e. The van der Waals surface area contributed by atoms with Crippen LogP contribution in [0.25, 0.3) is 0 Å². The molecule has 0 saturated carbocycles. The molecule has 0 rings (SSSR count). The molecule has 0 aromatic carbocycles. The van der Waals surface area contributed by atoms with Crippen molar-refractivity contribution < 1.29 is 13.3 Å². The predicted octanol–water partition coefficient (Wildman–Crippen LogP) is 15.0. The molecule has 3 nitrogen and oxygen atoms in total. The first kappa shape index (κ1) is 47.5. The lowest BCUT2D eigenvalue weighted by Crippen LogP contribution is -2.42. The highest BCUT2D eigenvalue weighted by Crippen LogP contribution is 2.61. The van der Waals surface area contributed by atoms with E-state index < -0.39 is 16.1 Å². The van der Waals surface area contributed by atoms with E-state index in [-0.39, 0.29) is 0 Å². The first-order valence-corrected chi connectivity index (χ1v) is 26.0. The molecule has 0 heterocycles. The summed E-state index contributed by atoms with van der Waals surface area (Å²) in [5, 5.41) is 0. The number of rotatable bonds is 40. The van der Waals surface area contributed by atoms with Crippen LogP contribution in [-0.4, -0.2) is 54.8 Å². The largest absolute Gasteiger partial charge is 0.500 e. The highest BCUT2D eigenvalue weighted by atomic mass is 31.2. The summed E-state index contributed by atoms with van der Waals surface area (Å²) in [5.41, 5.74) is 0. The average Bonchev–Trinajstić information content (AvgIpc) is 3.09. The highest BCUT2D eigenvalue weighted by Gasteiger charge is 2.41. The van der Waals surface area contributed by atoms with Gasteiger partial charge in [0.25, 0.3) is 0 Å². The van der Waals surface area contributed by atoms with E-state index >= 15 is 0 Å². The Balaban J connectivity index is 5.07. The van der Waals surface area contributed by atoms with Crippen molar-refractivity contribution in [3.63, 3.8) is 0 Å². The van der Waals surface area contributed by atoms with E-state index in [0.29, 0.717) is 0 Å². The molecule has 284 valence electrons. The Morgan fingerprint density at radius 2 is 0.511 bits per heavy atom. The van der Waals surface area contributed by atoms with Crippen molar-refractivity contribution >= 4 is 16.1 Å². The van der Waals surface area contributed by atoms with Crippen molar-refractivity contribution in [2.75, 3.05) is 46.0 Å². The van der Waals surface area contributed by atoms with Crippen LogP contribution in [-0.2, 0) is 13.3 Å². The molecule has 5 heteroatoms. The van der Waals surface area contributed by atoms with E-state index in [2.05, 4.69) is 20.8 Å². The Bertz CT molecular complexity index is 532. The van der Waals surface area contributed by atoms with Crippen molar-refractivity contribution in [1.29, 1.82) is 0 Å². The van der Waals surface area contributed by atoms with Crippen molar-refractivity contribution in [2.24, 2.45) is 0 Å². The topological polar surface area (TPSA) is 27.7 Å². The van der Waals surface area contributed by atoms with Gasteiger partial charge in [0, 0.05) is 34.6 Å². The van der Waals surface area contributed by atoms with E-state index in [4.69, 9.17) is 13.3 Å². The molecule has 0 spiro atoms. The van der Waals surface area contributed by atoms with Crippen molar-refractivity contribution in [3.8, 4) is 0 Å². The van der Waals surface area contributed by atoms with Gasteiger partial charge in [0.2, 0.25) is 0 Å². The summed E-state index contributed by atoms with van der Waals surface area (Å²) < 4.78 is 17.6. The second-order valence-corrected chi connectivity index (χ2v) is 22.7. The highest BCUT2D eigenvalue weighted by molar-refractivity contribution is 7.75. The molecule has 0 aliphatic heterocycles. The normalized spacial score (nSPS) is 12.4. The number of hydrogen-bond donors (Lipinski definition) is 0. The Hall–Kier alpha value is 0.527. The molecule has 0 atom stereocenters. The summed E-state index contributed by atoms with van der Waals surface area (Å²) in [7, 11) is 1.90. The lowest BCUT2D eigenvalue weighted by molar-refractivity contribution is 0.123. The SMILES string of the molecule is CCCCCCCCCCCC[P+](CCCCCCCCCCCC)(CCCCCCCCCCCC)CCC[Si](OC)(OC)OC. The second kappa shape index (κ2) is 36.3. The molecule has 0 amide bonds. The van der Waals surface area contributed by atoms with Gasteiger partial charge in [-0.3, -0.25) is 0 Å². The molecule has 0 saturated heterocycles. The molecule has 0 N–H and O–H groups in total. The minimum atomic E-state index is -2.50. The molecule has 47 heavy (non-hydrogen) atoms. The zero-order valence-corrected chi connectivity index (χ0v) is 35.5. The van der Waals surface area contributed by atoms with Gasteiger partial charge in [0.05, 0.1) is 24.6 Å². The monoisotopic (exact) mass is 702 g/mol. The van der Waals surface area contributed by atoms with Crippen molar-refractivity contribution in [2.45, 2.75) is 226 Å². The lowest BCUT2D eigenvalue weighted by atomic mass is 10.1. The van der Waals surface area contributed by atoms with E-state index in [9.17, 15) is 0 Å². The molecule has 0 fully saturated rings. The third-order valence-electron chi connectivity index (χ3n) is 11.0. The molecule has 0 aliphatic carbocycles. The third-order valence-corrected chi connectivity index (χ3v) is 18.9. The van der Waals surface area contributed by atoms with Gasteiger partial charge in [0.15, 0.2) is 0 Å². The van der Waals surface area contributed by atoms with Gasteiger partial charge in [-0.1, -0.05) is 175 Å². The van der Waals surface area contributed by atoms with E-state index in [1.54, 1.807) is 39.8 Å². The summed E-state index contributed by atoms with van der Waals surface area (Å²) in [6, 6.07) is 0.979. The van der Waals surface area contributed by atoms with Gasteiger partial charge in [-0.15, -0.1) is 0 Å². The predicted molar refractivity (Wildman–Crippen MR) is 218 cm³/mol. The molecule has 0 aromatic heterocycles. The second-order valence-electron chi connectivity index (χ2n) is 15.2. The van der Waals surface area contributed by atoms with Crippen LogP contribution in [0.1, 0.15) is 220 Å². The fourth-order valence-corrected chi connectivity index (χ4v) is 14.5. The summed E-state index contributed by atoms with van der Waals surface area (Å²) in [6.07, 6.45) is 50.6. The maximum absolute atomic E-state index is 5.86. The van der Waals surface area contributed by atoms with Crippen LogP contribution >= 0.6 is 7.26 Å². The first-order chi connectivity index (χ1) is 23.1. The van der Waals surface area contributed by atoms with Crippen molar-refractivity contribution in [1.82, 2.24) is 0 Å². The average molecular weight is 702 g/mol. The van der Waals surface area contributed by atoms with Gasteiger partial charge in [-0.05, 0) is 44.9 Å². The van der Waals surface area contributed by atoms with Crippen LogP contribution < -0.4 is 0 Å². The third kappa shape index (κ3) is 28.9. The summed E-state index contributed by atoms with van der Waals surface area (Å²) in [4.78, 5) is 0. The lowest BCUT2D eigenvalue weighted by Gasteiger charge is -2.30. The number of unbranched alkanes of at least 4 members (excludes halogenated alkanes) is 27. The quantitative estimate of drug-likeness (QED) is 0.0362. The Morgan fingerprint density at radius 1 is 0.298 bits per heavy atom. The van der Waals surface area contributed by atoms with Crippen LogP contribution in [0.3, 0.4) is 0 Å². The fourth-order valence-electron chi connectivity index (χ4n) is 7.66. The molecule has 0 unspecified atom stereocenters. The van der Waals surface area contributed by atoms with E-state index in [1.807, 2.05) is 0 Å². The molecular weight excluding hydrogens is 612 g/mol. The van der Waals surface area contributed by atoms with Crippen LogP contribution in [0.15, 0.2) is 0 Å². The van der Waals surface area contributed by atoms with Gasteiger partial charge >= 0.3 is 8.80 Å². The Morgan fingerprint density at radius 3 is 0.745 bits per heavy atom. The van der Waals surface area contributed by atoms with E-state index in [0.717, 1.165) is 6.04 Å². The maximum atomic E-state index is 5.86. The number of hydrogen-bond acceptors (Lipinski definition) is 3. The van der Waals surface area contributed by atoms with Crippen molar-refractivity contribution in [3.05, 3.63) is 0 Å². The Labute approximate surface area is 300 Å².